The number of hydrogen-bond donors (Lipinski definition) is 0. The number of carbonyl (C=O) groups is 1. The lowest BCUT2D eigenvalue weighted by Crippen LogP contribution is -2.05. The maximum atomic E-state index is 11.1. The molecule has 0 aliphatic heterocycles. The van der Waals surface area contributed by atoms with Crippen LogP contribution in [0.4, 0.5) is 0 Å². The Kier molecular flexibility index (Phi) is 15.1. The van der Waals surface area contributed by atoms with Crippen molar-refractivity contribution in [2.75, 3.05) is 0 Å². The van der Waals surface area contributed by atoms with E-state index in [9.17, 15) is 4.79 Å². The van der Waals surface area contributed by atoms with Gasteiger partial charge in [-0.2, -0.15) is 0 Å². The summed E-state index contributed by atoms with van der Waals surface area (Å²) < 4.78 is 5.16. The second-order valence-corrected chi connectivity index (χ2v) is 6.58. The highest BCUT2D eigenvalue weighted by atomic mass is 32.2. The Morgan fingerprint density at radius 3 is 1.95 bits per heavy atom. The zero-order chi connectivity index (χ0) is 15.1. The summed E-state index contributed by atoms with van der Waals surface area (Å²) in [5.74, 6) is -0.0967. The molecule has 0 amide bonds. The highest BCUT2D eigenvalue weighted by molar-refractivity contribution is 7.95. The van der Waals surface area contributed by atoms with E-state index in [1.54, 1.807) is 0 Å². The molecular formula is C17H34O2S. The second kappa shape index (κ2) is 15.2. The molecule has 0 saturated heterocycles. The van der Waals surface area contributed by atoms with E-state index < -0.39 is 0 Å². The molecule has 20 heavy (non-hydrogen) atoms. The molecule has 120 valence electrons. The van der Waals surface area contributed by atoms with Gasteiger partial charge in [0, 0.05) is 11.7 Å². The molecule has 0 saturated carbocycles. The Hall–Kier alpha value is -0.180. The summed E-state index contributed by atoms with van der Waals surface area (Å²) in [6, 6.07) is 0. The van der Waals surface area contributed by atoms with E-state index in [1.165, 1.54) is 76.3 Å². The molecule has 0 aromatic heterocycles. The summed E-state index contributed by atoms with van der Waals surface area (Å²) in [4.78, 5) is 11.1. The van der Waals surface area contributed by atoms with E-state index >= 15 is 0 Å². The molecule has 0 fully saturated rings. The Balaban J connectivity index is 3.35. The van der Waals surface area contributed by atoms with Crippen LogP contribution < -0.4 is 0 Å². The lowest BCUT2D eigenvalue weighted by atomic mass is 10.1. The maximum absolute atomic E-state index is 11.1. The van der Waals surface area contributed by atoms with Crippen LogP contribution in [0, 0.1) is 0 Å². The largest absolute Gasteiger partial charge is 0.391 e. The van der Waals surface area contributed by atoms with Crippen molar-refractivity contribution in [2.24, 2.45) is 0 Å². The molecule has 1 unspecified atom stereocenters. The molecule has 0 aromatic rings. The molecule has 0 aliphatic carbocycles. The third-order valence-electron chi connectivity index (χ3n) is 3.65. The van der Waals surface area contributed by atoms with E-state index in [2.05, 4.69) is 13.8 Å². The minimum atomic E-state index is -0.0967. The summed E-state index contributed by atoms with van der Waals surface area (Å²) in [7, 11) is 0. The van der Waals surface area contributed by atoms with Gasteiger partial charge < -0.3 is 4.18 Å². The first-order valence-corrected chi connectivity index (χ1v) is 9.41. The first-order valence-electron chi connectivity index (χ1n) is 8.60. The highest BCUT2D eigenvalue weighted by Crippen LogP contribution is 2.23. The van der Waals surface area contributed by atoms with Gasteiger partial charge in [-0.15, -0.1) is 0 Å². The van der Waals surface area contributed by atoms with Crippen molar-refractivity contribution in [2.45, 2.75) is 103 Å². The van der Waals surface area contributed by atoms with Gasteiger partial charge in [0.25, 0.3) is 0 Å². The number of unbranched alkanes of at least 4 members (excludes halogenated alkanes) is 8. The molecule has 0 bridgehead atoms. The fraction of sp³-hybridized carbons (Fsp3) is 0.941. The van der Waals surface area contributed by atoms with E-state index in [0.29, 0.717) is 11.7 Å². The smallest absolute Gasteiger partial charge is 0.317 e. The average Bonchev–Trinajstić information content (AvgIpc) is 2.48. The van der Waals surface area contributed by atoms with Crippen molar-refractivity contribution < 1.29 is 8.98 Å². The fourth-order valence-corrected chi connectivity index (χ4v) is 2.94. The second-order valence-electron chi connectivity index (χ2n) is 5.55. The highest BCUT2D eigenvalue weighted by Gasteiger charge is 2.10. The lowest BCUT2D eigenvalue weighted by molar-refractivity contribution is -0.132. The van der Waals surface area contributed by atoms with E-state index in [-0.39, 0.29) is 5.97 Å². The van der Waals surface area contributed by atoms with Crippen molar-refractivity contribution in [1.29, 1.82) is 0 Å². The van der Waals surface area contributed by atoms with E-state index in [4.69, 9.17) is 4.18 Å². The quantitative estimate of drug-likeness (QED) is 0.279. The Morgan fingerprint density at radius 2 is 1.45 bits per heavy atom. The van der Waals surface area contributed by atoms with Crippen molar-refractivity contribution in [3.63, 3.8) is 0 Å². The number of hydrogen-bond acceptors (Lipinski definition) is 3. The third kappa shape index (κ3) is 12.8. The van der Waals surface area contributed by atoms with Crippen LogP contribution in [0.3, 0.4) is 0 Å². The van der Waals surface area contributed by atoms with Gasteiger partial charge in [0.2, 0.25) is 0 Å². The normalized spacial score (nSPS) is 12.3. The van der Waals surface area contributed by atoms with Gasteiger partial charge in [-0.3, -0.25) is 4.79 Å². The van der Waals surface area contributed by atoms with Crippen LogP contribution in [0.1, 0.15) is 97.8 Å². The lowest BCUT2D eigenvalue weighted by Gasteiger charge is -2.12. The topological polar surface area (TPSA) is 26.3 Å². The zero-order valence-electron chi connectivity index (χ0n) is 13.8. The molecule has 1 atom stereocenters. The van der Waals surface area contributed by atoms with Gasteiger partial charge in [0.15, 0.2) is 0 Å². The summed E-state index contributed by atoms with van der Waals surface area (Å²) in [6.07, 6.45) is 15.0. The van der Waals surface area contributed by atoms with Gasteiger partial charge in [0.1, 0.15) is 0 Å². The molecule has 0 rings (SSSR count). The first kappa shape index (κ1) is 19.8. The molecule has 0 spiro atoms. The summed E-state index contributed by atoms with van der Waals surface area (Å²) in [5, 5.41) is 0.482. The van der Waals surface area contributed by atoms with Crippen LogP contribution in [0.15, 0.2) is 0 Å². The molecule has 0 heterocycles. The van der Waals surface area contributed by atoms with Crippen LogP contribution >= 0.6 is 12.0 Å². The standard InChI is InChI=1S/C17H34O2S/c1-4-7-8-9-10-11-12-13-14-15-16(5-2)20-19-17(18)6-3/h16H,4-15H2,1-3H3. The molecule has 0 radical (unpaired) electrons. The molecule has 0 aromatic carbocycles. The van der Waals surface area contributed by atoms with E-state index in [0.717, 1.165) is 6.42 Å². The Labute approximate surface area is 130 Å². The zero-order valence-corrected chi connectivity index (χ0v) is 14.6. The van der Waals surface area contributed by atoms with Gasteiger partial charge in [-0.25, -0.2) is 0 Å². The fourth-order valence-electron chi connectivity index (χ4n) is 2.18. The summed E-state index contributed by atoms with van der Waals surface area (Å²) >= 11 is 1.38. The van der Waals surface area contributed by atoms with Crippen LogP contribution in [0.25, 0.3) is 0 Å². The molecule has 0 aliphatic rings. The van der Waals surface area contributed by atoms with E-state index in [1.807, 2.05) is 6.92 Å². The minimum absolute atomic E-state index is 0.0967. The monoisotopic (exact) mass is 302 g/mol. The average molecular weight is 303 g/mol. The van der Waals surface area contributed by atoms with Gasteiger partial charge in [-0.05, 0) is 12.8 Å². The van der Waals surface area contributed by atoms with Crippen LogP contribution in [-0.4, -0.2) is 11.2 Å². The minimum Gasteiger partial charge on any atom is -0.391 e. The first-order chi connectivity index (χ1) is 9.74. The number of carbonyl (C=O) groups excluding carboxylic acids is 1. The number of rotatable bonds is 14. The predicted molar refractivity (Wildman–Crippen MR) is 89.9 cm³/mol. The summed E-state index contributed by atoms with van der Waals surface area (Å²) in [5.41, 5.74) is 0. The maximum Gasteiger partial charge on any atom is 0.317 e. The van der Waals surface area contributed by atoms with Gasteiger partial charge in [0.05, 0.1) is 12.0 Å². The van der Waals surface area contributed by atoms with Crippen LogP contribution in [0.2, 0.25) is 0 Å². The third-order valence-corrected chi connectivity index (χ3v) is 4.77. The van der Waals surface area contributed by atoms with Gasteiger partial charge in [-0.1, -0.05) is 78.6 Å². The summed E-state index contributed by atoms with van der Waals surface area (Å²) in [6.45, 7) is 6.27. The van der Waals surface area contributed by atoms with Crippen molar-refractivity contribution >= 4 is 18.0 Å². The van der Waals surface area contributed by atoms with Crippen molar-refractivity contribution in [3.05, 3.63) is 0 Å². The predicted octanol–water partition coefficient (Wildman–Crippen LogP) is 6.29. The van der Waals surface area contributed by atoms with Gasteiger partial charge >= 0.3 is 5.97 Å². The molecular weight excluding hydrogens is 268 g/mol. The molecule has 2 nitrogen and oxygen atoms in total. The Morgan fingerprint density at radius 1 is 0.900 bits per heavy atom. The molecule has 0 N–H and O–H groups in total. The SMILES string of the molecule is CCCCCCCCCCCC(CC)SOC(=O)CC. The molecule has 3 heteroatoms. The van der Waals surface area contributed by atoms with Crippen LogP contribution in [-0.2, 0) is 8.98 Å². The van der Waals surface area contributed by atoms with Crippen molar-refractivity contribution in [3.8, 4) is 0 Å². The van der Waals surface area contributed by atoms with Crippen molar-refractivity contribution in [1.82, 2.24) is 0 Å². The Bertz CT molecular complexity index is 219. The van der Waals surface area contributed by atoms with Crippen LogP contribution in [0.5, 0.6) is 0 Å².